The van der Waals surface area contributed by atoms with E-state index in [1.807, 2.05) is 36.0 Å². The molecule has 0 saturated carbocycles. The monoisotopic (exact) mass is 526 g/mol. The van der Waals surface area contributed by atoms with Crippen molar-refractivity contribution in [3.05, 3.63) is 54.2 Å². The molecule has 37 heavy (non-hydrogen) atoms. The number of aromatic nitrogens is 2. The van der Waals surface area contributed by atoms with Gasteiger partial charge in [-0.15, -0.1) is 0 Å². The molecule has 1 unspecified atom stereocenters. The van der Waals surface area contributed by atoms with Crippen LogP contribution < -0.4 is 18.9 Å². The van der Waals surface area contributed by atoms with Crippen LogP contribution in [0.1, 0.15) is 24.5 Å². The number of para-hydroxylation sites is 1. The number of hydrogen-bond acceptors (Lipinski definition) is 7. The Morgan fingerprint density at radius 3 is 2.51 bits per heavy atom. The van der Waals surface area contributed by atoms with Crippen molar-refractivity contribution in [2.75, 3.05) is 41.0 Å². The summed E-state index contributed by atoms with van der Waals surface area (Å²) >= 11 is 0. The lowest BCUT2D eigenvalue weighted by Crippen LogP contribution is -2.56. The molecule has 2 aromatic carbocycles. The lowest BCUT2D eigenvalue weighted by molar-refractivity contribution is 0.0306. The predicted molar refractivity (Wildman–Crippen MR) is 141 cm³/mol. The second-order valence-electron chi connectivity index (χ2n) is 9.69. The molecule has 3 fully saturated rings. The third-order valence-electron chi connectivity index (χ3n) is 7.73. The molecule has 1 N–H and O–H groups in total. The average Bonchev–Trinajstić information content (AvgIpc) is 3.32. The van der Waals surface area contributed by atoms with Gasteiger partial charge in [-0.3, -0.25) is 9.58 Å². The summed E-state index contributed by atoms with van der Waals surface area (Å²) in [5, 5.41) is 4.80. The van der Waals surface area contributed by atoms with Crippen LogP contribution in [0.5, 0.6) is 17.2 Å². The number of benzene rings is 2. The summed E-state index contributed by atoms with van der Waals surface area (Å²) in [6, 6.07) is 15.0. The Kier molecular flexibility index (Phi) is 7.15. The third kappa shape index (κ3) is 4.93. The van der Waals surface area contributed by atoms with Gasteiger partial charge in [0.25, 0.3) is 0 Å². The van der Waals surface area contributed by atoms with E-state index in [0.29, 0.717) is 29.9 Å². The molecule has 2 bridgehead atoms. The minimum absolute atomic E-state index is 0.0851. The molecule has 10 heteroatoms. The molecular formula is C27H34N4O5S. The minimum Gasteiger partial charge on any atom is -0.497 e. The summed E-state index contributed by atoms with van der Waals surface area (Å²) in [6.45, 7) is 2.20. The largest absolute Gasteiger partial charge is 0.497 e. The number of rotatable bonds is 9. The number of nitrogens with zero attached hydrogens (tertiary/aromatic N) is 3. The molecule has 0 amide bonds. The normalized spacial score (nSPS) is 23.1. The molecule has 0 aliphatic carbocycles. The molecule has 3 aliphatic heterocycles. The molecule has 198 valence electrons. The molecule has 9 nitrogen and oxygen atoms in total. The van der Waals surface area contributed by atoms with Crippen LogP contribution in [0.3, 0.4) is 0 Å². The highest BCUT2D eigenvalue weighted by molar-refractivity contribution is 7.89. The fourth-order valence-corrected chi connectivity index (χ4v) is 7.03. The molecule has 4 heterocycles. The highest BCUT2D eigenvalue weighted by Crippen LogP contribution is 2.43. The zero-order valence-electron chi connectivity index (χ0n) is 21.7. The molecule has 0 radical (unpaired) electrons. The zero-order valence-corrected chi connectivity index (χ0v) is 22.5. The third-order valence-corrected chi connectivity index (χ3v) is 9.17. The molecule has 3 aromatic rings. The van der Waals surface area contributed by atoms with Crippen molar-refractivity contribution in [2.45, 2.75) is 29.7 Å². The Balaban J connectivity index is 1.30. The quantitative estimate of drug-likeness (QED) is 0.457. The Morgan fingerprint density at radius 1 is 1.03 bits per heavy atom. The molecular weight excluding hydrogens is 492 g/mol. The smallest absolute Gasteiger partial charge is 0.244 e. The van der Waals surface area contributed by atoms with Crippen LogP contribution in [0.25, 0.3) is 11.3 Å². The van der Waals surface area contributed by atoms with E-state index in [0.717, 1.165) is 42.9 Å². The minimum atomic E-state index is -3.77. The van der Waals surface area contributed by atoms with Crippen molar-refractivity contribution < 1.29 is 22.6 Å². The van der Waals surface area contributed by atoms with E-state index in [9.17, 15) is 8.42 Å². The van der Waals surface area contributed by atoms with Crippen LogP contribution in [0.2, 0.25) is 0 Å². The van der Waals surface area contributed by atoms with Gasteiger partial charge in [0.1, 0.15) is 22.1 Å². The summed E-state index contributed by atoms with van der Waals surface area (Å²) in [6.07, 6.45) is 2.02. The lowest BCUT2D eigenvalue weighted by atomic mass is 9.74. The second-order valence-corrected chi connectivity index (χ2v) is 11.4. The number of fused-ring (bicyclic) bond motifs is 3. The van der Waals surface area contributed by atoms with Gasteiger partial charge in [-0.25, -0.2) is 13.1 Å². The van der Waals surface area contributed by atoms with Crippen LogP contribution >= 0.6 is 0 Å². The predicted octanol–water partition coefficient (Wildman–Crippen LogP) is 3.27. The van der Waals surface area contributed by atoms with E-state index in [2.05, 4.69) is 15.7 Å². The molecule has 6 rings (SSSR count). The Hall–Kier alpha value is -3.08. The molecule has 0 spiro atoms. The number of nitrogens with one attached hydrogen (secondary N) is 1. The first kappa shape index (κ1) is 25.6. The first-order valence-corrected chi connectivity index (χ1v) is 14.0. The summed E-state index contributed by atoms with van der Waals surface area (Å²) in [5.74, 6) is 2.38. The number of methoxy groups -OCH3 is 3. The van der Waals surface area contributed by atoms with Gasteiger partial charge in [-0.1, -0.05) is 12.1 Å². The summed E-state index contributed by atoms with van der Waals surface area (Å²) < 4.78 is 47.2. The number of ether oxygens (including phenoxy) is 3. The van der Waals surface area contributed by atoms with E-state index >= 15 is 0 Å². The van der Waals surface area contributed by atoms with Gasteiger partial charge in [0.15, 0.2) is 0 Å². The topological polar surface area (TPSA) is 94.9 Å². The van der Waals surface area contributed by atoms with Gasteiger partial charge in [-0.2, -0.15) is 5.10 Å². The van der Waals surface area contributed by atoms with Crippen molar-refractivity contribution >= 4 is 10.0 Å². The molecule has 3 saturated heterocycles. The van der Waals surface area contributed by atoms with Crippen molar-refractivity contribution in [1.82, 2.24) is 19.4 Å². The first-order chi connectivity index (χ1) is 17.8. The molecule has 3 aliphatic rings. The van der Waals surface area contributed by atoms with Gasteiger partial charge >= 0.3 is 0 Å². The van der Waals surface area contributed by atoms with Crippen molar-refractivity contribution in [3.8, 4) is 28.5 Å². The van der Waals surface area contributed by atoms with Crippen LogP contribution in [0.4, 0.5) is 0 Å². The average molecular weight is 527 g/mol. The summed E-state index contributed by atoms with van der Waals surface area (Å²) in [4.78, 5) is 2.49. The summed E-state index contributed by atoms with van der Waals surface area (Å²) in [7, 11) is 2.88. The van der Waals surface area contributed by atoms with Crippen LogP contribution in [-0.4, -0.2) is 70.1 Å². The van der Waals surface area contributed by atoms with Crippen molar-refractivity contribution in [2.24, 2.45) is 13.0 Å². The highest BCUT2D eigenvalue weighted by atomic mass is 32.2. The maximum Gasteiger partial charge on any atom is 0.244 e. The number of aryl methyl sites for hydroxylation is 1. The zero-order chi connectivity index (χ0) is 26.2. The van der Waals surface area contributed by atoms with Gasteiger partial charge in [-0.05, 0) is 55.6 Å². The van der Waals surface area contributed by atoms with Crippen molar-refractivity contribution in [1.29, 1.82) is 0 Å². The van der Waals surface area contributed by atoms with E-state index in [4.69, 9.17) is 19.3 Å². The van der Waals surface area contributed by atoms with Crippen LogP contribution in [-0.2, 0) is 17.1 Å². The molecule has 4 atom stereocenters. The summed E-state index contributed by atoms with van der Waals surface area (Å²) in [5.41, 5.74) is 3.09. The molecule has 1 aromatic heterocycles. The van der Waals surface area contributed by atoms with Gasteiger partial charge in [0, 0.05) is 49.4 Å². The van der Waals surface area contributed by atoms with E-state index < -0.39 is 10.0 Å². The lowest BCUT2D eigenvalue weighted by Gasteiger charge is -2.49. The van der Waals surface area contributed by atoms with Crippen molar-refractivity contribution in [3.63, 3.8) is 0 Å². The SMILES string of the molecule is COc1ccc(OC)c(S(=O)(=O)NC[C@H]2C[C@@H]3CCN2C[C@@H]3c2cc(-c3ccccc3OC)nn2C)c1. The fourth-order valence-electron chi connectivity index (χ4n) is 5.78. The Bertz CT molecular complexity index is 1370. The van der Waals surface area contributed by atoms with E-state index in [1.165, 1.54) is 26.0 Å². The second kappa shape index (κ2) is 10.4. The van der Waals surface area contributed by atoms with Gasteiger partial charge in [0.05, 0.1) is 27.0 Å². The first-order valence-electron chi connectivity index (χ1n) is 12.5. The van der Waals surface area contributed by atoms with Gasteiger partial charge < -0.3 is 14.2 Å². The van der Waals surface area contributed by atoms with E-state index in [1.54, 1.807) is 19.2 Å². The maximum absolute atomic E-state index is 13.2. The number of sulfonamides is 1. The van der Waals surface area contributed by atoms with E-state index in [-0.39, 0.29) is 10.9 Å². The Labute approximate surface area is 218 Å². The number of hydrogen-bond donors (Lipinski definition) is 1. The standard InChI is InChI=1S/C27H34N4O5S/c1-30-24(15-23(29-30)21-7-5-6-8-25(21)35-3)22-17-31-12-11-18(22)13-19(31)16-28-37(32,33)27-14-20(34-2)9-10-26(27)36-4/h5-10,14-15,18-19,22,28H,11-13,16-17H2,1-4H3/t18-,19+,22-/m0/s1. The fraction of sp³-hybridized carbons (Fsp3) is 0.444. The van der Waals surface area contributed by atoms with Gasteiger partial charge in [0.2, 0.25) is 10.0 Å². The van der Waals surface area contributed by atoms with Crippen LogP contribution in [0, 0.1) is 5.92 Å². The van der Waals surface area contributed by atoms with Crippen LogP contribution in [0.15, 0.2) is 53.4 Å². The Morgan fingerprint density at radius 2 is 1.81 bits per heavy atom. The maximum atomic E-state index is 13.2. The highest BCUT2D eigenvalue weighted by Gasteiger charge is 2.42. The number of piperidine rings is 3.